The minimum Gasteiger partial charge on any atom is -0.325 e. The number of nitro benzene ring substituents is 1. The summed E-state index contributed by atoms with van der Waals surface area (Å²) in [5, 5.41) is 17.6. The summed E-state index contributed by atoms with van der Waals surface area (Å²) >= 11 is 0. The molecule has 2 amide bonds. The fourth-order valence-electron chi connectivity index (χ4n) is 7.80. The summed E-state index contributed by atoms with van der Waals surface area (Å²) in [4.78, 5) is 56.6. The average molecular weight is 523 g/mol. The number of anilines is 2. The van der Waals surface area contributed by atoms with Crippen LogP contribution in [0.3, 0.4) is 0 Å². The highest BCUT2D eigenvalue weighted by molar-refractivity contribution is 6.21. The molecule has 4 heterocycles. The Balaban J connectivity index is 1.57. The Hall–Kier alpha value is -4.37. The molecule has 0 saturated carbocycles. The summed E-state index contributed by atoms with van der Waals surface area (Å²) in [7, 11) is 0. The molecule has 4 atom stereocenters. The van der Waals surface area contributed by atoms with Crippen LogP contribution in [-0.2, 0) is 27.0 Å². The Labute approximate surface area is 224 Å². The number of hydrogen-bond donors (Lipinski definition) is 2. The molecule has 3 aromatic carbocycles. The number of carbonyl (C=O) groups excluding carboxylic acids is 3. The summed E-state index contributed by atoms with van der Waals surface area (Å²) in [6.45, 7) is 2.58. The largest absolute Gasteiger partial charge is 0.325 e. The van der Waals surface area contributed by atoms with Gasteiger partial charge in [0.05, 0.1) is 10.8 Å². The Morgan fingerprint density at radius 1 is 1.00 bits per heavy atom. The second-order valence-corrected chi connectivity index (χ2v) is 10.8. The number of rotatable bonds is 4. The highest BCUT2D eigenvalue weighted by Crippen LogP contribution is 2.67. The van der Waals surface area contributed by atoms with Gasteiger partial charge in [-0.1, -0.05) is 49.4 Å². The molecule has 196 valence electrons. The second-order valence-electron chi connectivity index (χ2n) is 10.8. The van der Waals surface area contributed by atoms with Crippen molar-refractivity contribution in [3.8, 4) is 0 Å². The first-order chi connectivity index (χ1) is 18.8. The normalized spacial score (nSPS) is 28.3. The van der Waals surface area contributed by atoms with Crippen molar-refractivity contribution >= 4 is 34.7 Å². The van der Waals surface area contributed by atoms with Gasteiger partial charge < -0.3 is 10.6 Å². The number of nitrogens with zero attached hydrogens (tertiary/aromatic N) is 2. The van der Waals surface area contributed by atoms with Gasteiger partial charge in [0.1, 0.15) is 11.0 Å². The Kier molecular flexibility index (Phi) is 4.91. The fraction of sp³-hybridized carbons (Fsp3) is 0.300. The molecule has 3 aromatic rings. The van der Waals surface area contributed by atoms with Gasteiger partial charge in [0.2, 0.25) is 5.91 Å². The third-order valence-electron chi connectivity index (χ3n) is 9.19. The van der Waals surface area contributed by atoms with Crippen LogP contribution in [0.2, 0.25) is 0 Å². The van der Waals surface area contributed by atoms with E-state index in [1.165, 1.54) is 18.2 Å². The molecule has 0 aromatic heterocycles. The molecule has 4 unspecified atom stereocenters. The molecule has 0 aliphatic carbocycles. The first-order valence-electron chi connectivity index (χ1n) is 13.3. The summed E-state index contributed by atoms with van der Waals surface area (Å²) in [5.41, 5.74) is 0.503. The van der Waals surface area contributed by atoms with Gasteiger partial charge in [-0.3, -0.25) is 29.4 Å². The number of fused-ring (bicyclic) bond motifs is 7. The van der Waals surface area contributed by atoms with Crippen molar-refractivity contribution in [1.29, 1.82) is 0 Å². The number of carbonyl (C=O) groups is 3. The number of amides is 2. The molecular formula is C30H26N4O5. The Morgan fingerprint density at radius 2 is 1.77 bits per heavy atom. The molecule has 39 heavy (non-hydrogen) atoms. The zero-order valence-electron chi connectivity index (χ0n) is 21.3. The van der Waals surface area contributed by atoms with E-state index in [1.54, 1.807) is 12.1 Å². The van der Waals surface area contributed by atoms with Crippen LogP contribution in [0.25, 0.3) is 0 Å². The average Bonchev–Trinajstić information content (AvgIpc) is 3.66. The van der Waals surface area contributed by atoms with E-state index in [-0.39, 0.29) is 22.9 Å². The lowest BCUT2D eigenvalue weighted by molar-refractivity contribution is -0.384. The molecule has 4 aliphatic rings. The van der Waals surface area contributed by atoms with E-state index in [4.69, 9.17) is 0 Å². The predicted octanol–water partition coefficient (Wildman–Crippen LogP) is 4.17. The molecule has 9 nitrogen and oxygen atoms in total. The Morgan fingerprint density at radius 3 is 2.56 bits per heavy atom. The summed E-state index contributed by atoms with van der Waals surface area (Å²) in [6, 6.07) is 18.4. The predicted molar refractivity (Wildman–Crippen MR) is 144 cm³/mol. The lowest BCUT2D eigenvalue weighted by Gasteiger charge is -2.43. The molecule has 9 heteroatoms. The third-order valence-corrected chi connectivity index (χ3v) is 9.19. The number of aryl methyl sites for hydroxylation is 1. The van der Waals surface area contributed by atoms with Crippen molar-refractivity contribution in [3.63, 3.8) is 0 Å². The number of nitro groups is 1. The first kappa shape index (κ1) is 23.7. The minimum atomic E-state index is -1.57. The number of Topliss-reactive ketones (excluding diaryl/α,β-unsaturated/α-hetero) is 1. The van der Waals surface area contributed by atoms with Crippen LogP contribution >= 0.6 is 0 Å². The molecule has 2 fully saturated rings. The summed E-state index contributed by atoms with van der Waals surface area (Å²) < 4.78 is 0. The van der Waals surface area contributed by atoms with Crippen LogP contribution in [0.15, 0.2) is 66.7 Å². The standard InChI is InChI=1S/C30H26N4O5/c1-2-17-12-13-23-21(15-17)30(28(37)32-23)29(20-9-3-4-10-22(20)31-27(29)36)25(24-11-6-14-33(24)30)26(35)18-7-5-8-19(16-18)34(38)39/h3-5,7-10,12-13,15-16,24-25H,2,6,11,14H2,1H3,(H,31,36)(H,32,37). The van der Waals surface area contributed by atoms with E-state index in [0.717, 1.165) is 18.4 Å². The molecule has 7 rings (SSSR count). The van der Waals surface area contributed by atoms with Crippen molar-refractivity contribution in [3.05, 3.63) is 99.1 Å². The van der Waals surface area contributed by atoms with E-state index in [0.29, 0.717) is 35.5 Å². The van der Waals surface area contributed by atoms with Gasteiger partial charge in [0.15, 0.2) is 5.78 Å². The van der Waals surface area contributed by atoms with Gasteiger partial charge >= 0.3 is 0 Å². The summed E-state index contributed by atoms with van der Waals surface area (Å²) in [5.74, 6) is -2.02. The quantitative estimate of drug-likeness (QED) is 0.301. The number of ketones is 1. The summed E-state index contributed by atoms with van der Waals surface area (Å²) in [6.07, 6.45) is 2.13. The zero-order chi connectivity index (χ0) is 27.1. The van der Waals surface area contributed by atoms with Gasteiger partial charge in [-0.05, 0) is 49.1 Å². The van der Waals surface area contributed by atoms with Crippen LogP contribution in [-0.4, -0.2) is 40.0 Å². The highest BCUT2D eigenvalue weighted by atomic mass is 16.6. The highest BCUT2D eigenvalue weighted by Gasteiger charge is 2.81. The van der Waals surface area contributed by atoms with Crippen LogP contribution in [0.4, 0.5) is 17.1 Å². The van der Waals surface area contributed by atoms with E-state index >= 15 is 0 Å². The van der Waals surface area contributed by atoms with Crippen molar-refractivity contribution in [1.82, 2.24) is 4.90 Å². The van der Waals surface area contributed by atoms with E-state index in [1.807, 2.05) is 43.3 Å². The van der Waals surface area contributed by atoms with E-state index < -0.39 is 33.7 Å². The van der Waals surface area contributed by atoms with Crippen molar-refractivity contribution < 1.29 is 19.3 Å². The van der Waals surface area contributed by atoms with Crippen molar-refractivity contribution in [2.45, 2.75) is 43.2 Å². The maximum Gasteiger partial charge on any atom is 0.270 e. The first-order valence-corrected chi connectivity index (χ1v) is 13.3. The molecular weight excluding hydrogens is 496 g/mol. The van der Waals surface area contributed by atoms with Crippen LogP contribution < -0.4 is 10.6 Å². The maximum atomic E-state index is 14.6. The number of benzene rings is 3. The molecule has 0 bridgehead atoms. The zero-order valence-corrected chi connectivity index (χ0v) is 21.3. The van der Waals surface area contributed by atoms with Gasteiger partial charge in [0.25, 0.3) is 11.6 Å². The minimum absolute atomic E-state index is 0.163. The van der Waals surface area contributed by atoms with Crippen LogP contribution in [0.5, 0.6) is 0 Å². The van der Waals surface area contributed by atoms with Gasteiger partial charge in [-0.15, -0.1) is 0 Å². The van der Waals surface area contributed by atoms with Crippen LogP contribution in [0, 0.1) is 16.0 Å². The monoisotopic (exact) mass is 522 g/mol. The smallest absolute Gasteiger partial charge is 0.270 e. The SMILES string of the molecule is CCc1ccc2c(c1)C1(C(=O)N2)N2CCCC2C(C(=O)c2cccc([N+](=O)[O-])c2)C12C(=O)Nc1ccccc12. The third kappa shape index (κ3) is 2.75. The lowest BCUT2D eigenvalue weighted by atomic mass is 9.57. The van der Waals surface area contributed by atoms with Crippen molar-refractivity contribution in [2.24, 2.45) is 5.92 Å². The molecule has 2 N–H and O–H groups in total. The van der Waals surface area contributed by atoms with E-state index in [2.05, 4.69) is 15.5 Å². The fourth-order valence-corrected chi connectivity index (χ4v) is 7.80. The van der Waals surface area contributed by atoms with Gasteiger partial charge in [-0.25, -0.2) is 0 Å². The maximum absolute atomic E-state index is 14.6. The number of para-hydroxylation sites is 1. The van der Waals surface area contributed by atoms with Crippen molar-refractivity contribution in [2.75, 3.05) is 17.2 Å². The van der Waals surface area contributed by atoms with Crippen LogP contribution in [0.1, 0.15) is 46.8 Å². The lowest BCUT2D eigenvalue weighted by Crippen LogP contribution is -2.62. The topological polar surface area (TPSA) is 122 Å². The molecule has 4 aliphatic heterocycles. The Bertz CT molecular complexity index is 1620. The number of non-ortho nitro benzene ring substituents is 1. The molecule has 0 radical (unpaired) electrons. The van der Waals surface area contributed by atoms with E-state index in [9.17, 15) is 24.5 Å². The number of hydrogen-bond acceptors (Lipinski definition) is 6. The molecule has 2 saturated heterocycles. The second kappa shape index (κ2) is 8.07. The number of nitrogens with one attached hydrogen (secondary N) is 2. The molecule has 2 spiro atoms. The van der Waals surface area contributed by atoms with Gasteiger partial charge in [0, 0.05) is 40.7 Å². The van der Waals surface area contributed by atoms with Gasteiger partial charge in [-0.2, -0.15) is 0 Å².